The SMILES string of the molecule is COc1cccc(C2NNCC2C(=O)NCCCc2ccccc2)c1. The predicted octanol–water partition coefficient (Wildman–Crippen LogP) is 2.21. The van der Waals surface area contributed by atoms with Gasteiger partial charge in [-0.15, -0.1) is 0 Å². The highest BCUT2D eigenvalue weighted by Gasteiger charge is 2.33. The smallest absolute Gasteiger partial charge is 0.226 e. The molecule has 5 nitrogen and oxygen atoms in total. The van der Waals surface area contributed by atoms with Crippen molar-refractivity contribution in [3.8, 4) is 5.75 Å². The maximum Gasteiger partial charge on any atom is 0.226 e. The van der Waals surface area contributed by atoms with Gasteiger partial charge in [0.15, 0.2) is 0 Å². The van der Waals surface area contributed by atoms with Gasteiger partial charge in [0, 0.05) is 13.1 Å². The molecule has 2 unspecified atom stereocenters. The second kappa shape index (κ2) is 8.65. The fraction of sp³-hybridized carbons (Fsp3) is 0.350. The van der Waals surface area contributed by atoms with Gasteiger partial charge in [0.2, 0.25) is 5.91 Å². The van der Waals surface area contributed by atoms with Crippen molar-refractivity contribution in [3.05, 3.63) is 65.7 Å². The molecule has 0 aliphatic carbocycles. The van der Waals surface area contributed by atoms with Gasteiger partial charge in [-0.25, -0.2) is 5.43 Å². The average Bonchev–Trinajstić information content (AvgIpc) is 3.16. The highest BCUT2D eigenvalue weighted by atomic mass is 16.5. The Balaban J connectivity index is 1.52. The van der Waals surface area contributed by atoms with E-state index >= 15 is 0 Å². The fourth-order valence-corrected chi connectivity index (χ4v) is 3.17. The molecule has 1 saturated heterocycles. The van der Waals surface area contributed by atoms with Crippen LogP contribution in [-0.4, -0.2) is 26.1 Å². The summed E-state index contributed by atoms with van der Waals surface area (Å²) in [6, 6.07) is 18.1. The molecular formula is C20H25N3O2. The average molecular weight is 339 g/mol. The fourth-order valence-electron chi connectivity index (χ4n) is 3.17. The number of aryl methyl sites for hydroxylation is 1. The van der Waals surface area contributed by atoms with Crippen LogP contribution < -0.4 is 20.9 Å². The molecule has 3 rings (SSSR count). The molecule has 2 aromatic carbocycles. The summed E-state index contributed by atoms with van der Waals surface area (Å²) in [7, 11) is 1.65. The molecule has 1 fully saturated rings. The van der Waals surface area contributed by atoms with E-state index in [1.54, 1.807) is 7.11 Å². The number of ether oxygens (including phenoxy) is 1. The molecule has 0 spiro atoms. The second-order valence-corrected chi connectivity index (χ2v) is 6.27. The summed E-state index contributed by atoms with van der Waals surface area (Å²) >= 11 is 0. The van der Waals surface area contributed by atoms with Gasteiger partial charge in [0.05, 0.1) is 19.1 Å². The predicted molar refractivity (Wildman–Crippen MR) is 98.1 cm³/mol. The molecule has 2 atom stereocenters. The van der Waals surface area contributed by atoms with Crippen LogP contribution in [0, 0.1) is 5.92 Å². The van der Waals surface area contributed by atoms with Gasteiger partial charge < -0.3 is 10.1 Å². The first-order valence-corrected chi connectivity index (χ1v) is 8.72. The lowest BCUT2D eigenvalue weighted by Gasteiger charge is -2.19. The molecule has 132 valence electrons. The number of amides is 1. The number of carbonyl (C=O) groups excluding carboxylic acids is 1. The first-order valence-electron chi connectivity index (χ1n) is 8.72. The van der Waals surface area contributed by atoms with Crippen LogP contribution in [-0.2, 0) is 11.2 Å². The molecule has 0 saturated carbocycles. The topological polar surface area (TPSA) is 62.4 Å². The number of methoxy groups -OCH3 is 1. The molecule has 5 heteroatoms. The van der Waals surface area contributed by atoms with Gasteiger partial charge in [0.25, 0.3) is 0 Å². The molecular weight excluding hydrogens is 314 g/mol. The Morgan fingerprint density at radius 1 is 1.20 bits per heavy atom. The molecule has 1 heterocycles. The van der Waals surface area contributed by atoms with Crippen molar-refractivity contribution < 1.29 is 9.53 Å². The maximum atomic E-state index is 12.6. The van der Waals surface area contributed by atoms with Crippen LogP contribution in [0.15, 0.2) is 54.6 Å². The minimum atomic E-state index is -0.135. The van der Waals surface area contributed by atoms with Gasteiger partial charge in [-0.05, 0) is 36.1 Å². The summed E-state index contributed by atoms with van der Waals surface area (Å²) in [5.41, 5.74) is 8.66. The maximum absolute atomic E-state index is 12.6. The Morgan fingerprint density at radius 2 is 2.04 bits per heavy atom. The lowest BCUT2D eigenvalue weighted by molar-refractivity contribution is -0.124. The van der Waals surface area contributed by atoms with Crippen molar-refractivity contribution in [2.45, 2.75) is 18.9 Å². The van der Waals surface area contributed by atoms with Crippen LogP contribution >= 0.6 is 0 Å². The summed E-state index contributed by atoms with van der Waals surface area (Å²) in [5, 5.41) is 3.07. The number of hydrogen-bond donors (Lipinski definition) is 3. The number of carbonyl (C=O) groups is 1. The molecule has 3 N–H and O–H groups in total. The van der Waals surface area contributed by atoms with E-state index in [0.29, 0.717) is 13.1 Å². The summed E-state index contributed by atoms with van der Waals surface area (Å²) in [6.07, 6.45) is 1.91. The Kier molecular flexibility index (Phi) is 6.04. The van der Waals surface area contributed by atoms with Crippen LogP contribution in [0.4, 0.5) is 0 Å². The minimum Gasteiger partial charge on any atom is -0.497 e. The molecule has 2 aromatic rings. The lowest BCUT2D eigenvalue weighted by atomic mass is 9.94. The van der Waals surface area contributed by atoms with E-state index in [1.807, 2.05) is 42.5 Å². The van der Waals surface area contributed by atoms with Crippen molar-refractivity contribution in [2.24, 2.45) is 5.92 Å². The number of benzene rings is 2. The summed E-state index contributed by atoms with van der Waals surface area (Å²) in [4.78, 5) is 12.6. The van der Waals surface area contributed by atoms with E-state index in [0.717, 1.165) is 24.2 Å². The molecule has 1 aliphatic rings. The highest BCUT2D eigenvalue weighted by molar-refractivity contribution is 5.80. The highest BCUT2D eigenvalue weighted by Crippen LogP contribution is 2.27. The zero-order valence-corrected chi connectivity index (χ0v) is 14.5. The van der Waals surface area contributed by atoms with Gasteiger partial charge >= 0.3 is 0 Å². The van der Waals surface area contributed by atoms with Crippen LogP contribution in [0.25, 0.3) is 0 Å². The van der Waals surface area contributed by atoms with E-state index < -0.39 is 0 Å². The molecule has 1 amide bonds. The van der Waals surface area contributed by atoms with Crippen LogP contribution in [0.1, 0.15) is 23.6 Å². The first-order chi connectivity index (χ1) is 12.3. The third-order valence-electron chi connectivity index (χ3n) is 4.56. The quantitative estimate of drug-likeness (QED) is 0.677. The minimum absolute atomic E-state index is 0.0516. The van der Waals surface area contributed by atoms with E-state index in [-0.39, 0.29) is 17.9 Å². The Morgan fingerprint density at radius 3 is 2.84 bits per heavy atom. The number of hydrazine groups is 1. The van der Waals surface area contributed by atoms with Crippen molar-refractivity contribution in [1.82, 2.24) is 16.2 Å². The Hall–Kier alpha value is -2.37. The third-order valence-corrected chi connectivity index (χ3v) is 4.56. The van der Waals surface area contributed by atoms with Crippen molar-refractivity contribution in [2.75, 3.05) is 20.2 Å². The summed E-state index contributed by atoms with van der Waals surface area (Å²) < 4.78 is 5.28. The van der Waals surface area contributed by atoms with E-state index in [2.05, 4.69) is 28.3 Å². The molecule has 0 aromatic heterocycles. The van der Waals surface area contributed by atoms with E-state index in [4.69, 9.17) is 4.74 Å². The molecule has 1 aliphatic heterocycles. The normalized spacial score (nSPS) is 19.6. The Labute approximate surface area is 148 Å². The third kappa shape index (κ3) is 4.59. The summed E-state index contributed by atoms with van der Waals surface area (Å²) in [6.45, 7) is 1.31. The van der Waals surface area contributed by atoms with Crippen molar-refractivity contribution >= 4 is 5.91 Å². The Bertz CT molecular complexity index is 690. The zero-order chi connectivity index (χ0) is 17.5. The lowest BCUT2D eigenvalue weighted by Crippen LogP contribution is -2.35. The van der Waals surface area contributed by atoms with Crippen LogP contribution in [0.2, 0.25) is 0 Å². The van der Waals surface area contributed by atoms with Crippen LogP contribution in [0.5, 0.6) is 5.75 Å². The van der Waals surface area contributed by atoms with Gasteiger partial charge in [-0.2, -0.15) is 0 Å². The second-order valence-electron chi connectivity index (χ2n) is 6.27. The number of nitrogens with one attached hydrogen (secondary N) is 3. The largest absolute Gasteiger partial charge is 0.497 e. The molecule has 0 bridgehead atoms. The molecule has 25 heavy (non-hydrogen) atoms. The monoisotopic (exact) mass is 339 g/mol. The van der Waals surface area contributed by atoms with Crippen LogP contribution in [0.3, 0.4) is 0 Å². The van der Waals surface area contributed by atoms with Crippen molar-refractivity contribution in [3.63, 3.8) is 0 Å². The first kappa shape index (κ1) is 17.5. The number of hydrogen-bond acceptors (Lipinski definition) is 4. The summed E-state index contributed by atoms with van der Waals surface area (Å²) in [5.74, 6) is 0.746. The zero-order valence-electron chi connectivity index (χ0n) is 14.5. The van der Waals surface area contributed by atoms with E-state index in [1.165, 1.54) is 5.56 Å². The number of rotatable bonds is 7. The van der Waals surface area contributed by atoms with Gasteiger partial charge in [-0.1, -0.05) is 42.5 Å². The van der Waals surface area contributed by atoms with Gasteiger partial charge in [-0.3, -0.25) is 10.2 Å². The molecule has 0 radical (unpaired) electrons. The van der Waals surface area contributed by atoms with E-state index in [9.17, 15) is 4.79 Å². The standard InChI is InChI=1S/C20H25N3O2/c1-25-17-11-5-10-16(13-17)19-18(14-22-23-19)20(24)21-12-6-9-15-7-3-2-4-8-15/h2-5,7-8,10-11,13,18-19,22-23H,6,9,12,14H2,1H3,(H,21,24). The van der Waals surface area contributed by atoms with Crippen molar-refractivity contribution in [1.29, 1.82) is 0 Å². The van der Waals surface area contributed by atoms with Gasteiger partial charge in [0.1, 0.15) is 5.75 Å².